The largest absolute Gasteiger partial charge is 0.506 e. The number of phenolic OH excluding ortho intramolecular Hbond substituents is 1. The molecule has 0 saturated heterocycles. The minimum Gasteiger partial charge on any atom is -0.506 e. The van der Waals surface area contributed by atoms with Crippen LogP contribution in [0.2, 0.25) is 5.02 Å². The van der Waals surface area contributed by atoms with E-state index < -0.39 is 0 Å². The number of fused-ring (bicyclic) bond motifs is 2. The van der Waals surface area contributed by atoms with Gasteiger partial charge in [-0.3, -0.25) is 0 Å². The third kappa shape index (κ3) is 1.29. The number of para-hydroxylation sites is 2. The Balaban J connectivity index is 2.54. The molecular weight excluding hydrogens is 224 g/mol. The van der Waals surface area contributed by atoms with E-state index in [2.05, 4.69) is 9.97 Å². The molecule has 0 saturated carbocycles. The maximum Gasteiger partial charge on any atom is 0.143 e. The molecule has 78 valence electrons. The summed E-state index contributed by atoms with van der Waals surface area (Å²) in [7, 11) is 0. The summed E-state index contributed by atoms with van der Waals surface area (Å²) in [5.74, 6) is 0.131. The Morgan fingerprint density at radius 1 is 0.875 bits per heavy atom. The molecule has 3 nitrogen and oxygen atoms in total. The predicted molar refractivity (Wildman–Crippen MR) is 63.7 cm³/mol. The fourth-order valence-electron chi connectivity index (χ4n) is 1.67. The third-order valence-electron chi connectivity index (χ3n) is 2.42. The van der Waals surface area contributed by atoms with Crippen molar-refractivity contribution in [3.05, 3.63) is 41.4 Å². The molecule has 16 heavy (non-hydrogen) atoms. The fourth-order valence-corrected chi connectivity index (χ4v) is 1.88. The first-order valence-electron chi connectivity index (χ1n) is 4.80. The highest BCUT2D eigenvalue weighted by Crippen LogP contribution is 2.26. The van der Waals surface area contributed by atoms with E-state index in [9.17, 15) is 5.11 Å². The van der Waals surface area contributed by atoms with Crippen LogP contribution in [0.25, 0.3) is 22.1 Å². The SMILES string of the molecule is Oc1cccc2nc3c(Cl)cccc3nc12. The summed E-state index contributed by atoms with van der Waals surface area (Å²) >= 11 is 6.03. The van der Waals surface area contributed by atoms with Crippen LogP contribution in [0.5, 0.6) is 5.75 Å². The molecule has 0 atom stereocenters. The maximum absolute atomic E-state index is 9.66. The monoisotopic (exact) mass is 230 g/mol. The van der Waals surface area contributed by atoms with E-state index in [1.165, 1.54) is 0 Å². The number of phenols is 1. The van der Waals surface area contributed by atoms with E-state index >= 15 is 0 Å². The normalized spacial score (nSPS) is 11.1. The second-order valence-corrected chi connectivity index (χ2v) is 3.88. The van der Waals surface area contributed by atoms with Crippen molar-refractivity contribution in [1.82, 2.24) is 9.97 Å². The van der Waals surface area contributed by atoms with Crippen LogP contribution in [0.15, 0.2) is 36.4 Å². The Morgan fingerprint density at radius 3 is 2.31 bits per heavy atom. The van der Waals surface area contributed by atoms with Crippen LogP contribution >= 0.6 is 11.6 Å². The number of hydrogen-bond donors (Lipinski definition) is 1. The standard InChI is InChI=1S/C12H7ClN2O/c13-7-3-1-4-8-11(7)14-9-5-2-6-10(16)12(9)15-8/h1-6,16H. The first kappa shape index (κ1) is 9.36. The molecule has 0 aliphatic carbocycles. The molecule has 3 rings (SSSR count). The molecule has 0 aliphatic rings. The Hall–Kier alpha value is -1.87. The van der Waals surface area contributed by atoms with Crippen molar-refractivity contribution in [3.8, 4) is 5.75 Å². The van der Waals surface area contributed by atoms with E-state index in [4.69, 9.17) is 11.6 Å². The van der Waals surface area contributed by atoms with Crippen molar-refractivity contribution >= 4 is 33.7 Å². The van der Waals surface area contributed by atoms with E-state index in [1.807, 2.05) is 12.1 Å². The lowest BCUT2D eigenvalue weighted by Gasteiger charge is -2.03. The number of benzene rings is 2. The summed E-state index contributed by atoms with van der Waals surface area (Å²) in [6, 6.07) is 10.5. The summed E-state index contributed by atoms with van der Waals surface area (Å²) in [5, 5.41) is 10.2. The van der Waals surface area contributed by atoms with Crippen LogP contribution in [-0.4, -0.2) is 15.1 Å². The highest BCUT2D eigenvalue weighted by atomic mass is 35.5. The molecule has 4 heteroatoms. The highest BCUT2D eigenvalue weighted by molar-refractivity contribution is 6.35. The van der Waals surface area contributed by atoms with Gasteiger partial charge in [0.1, 0.15) is 16.8 Å². The number of hydrogen-bond acceptors (Lipinski definition) is 3. The Bertz CT molecular complexity index is 635. The van der Waals surface area contributed by atoms with Gasteiger partial charge in [-0.05, 0) is 24.3 Å². The van der Waals surface area contributed by atoms with Gasteiger partial charge >= 0.3 is 0 Å². The van der Waals surface area contributed by atoms with Crippen LogP contribution in [0.3, 0.4) is 0 Å². The molecular formula is C12H7ClN2O. The summed E-state index contributed by atoms with van der Waals surface area (Å²) in [4.78, 5) is 8.72. The van der Waals surface area contributed by atoms with Gasteiger partial charge in [0.25, 0.3) is 0 Å². The molecule has 2 aromatic carbocycles. The minimum absolute atomic E-state index is 0.131. The fraction of sp³-hybridized carbons (Fsp3) is 0. The number of nitrogens with zero attached hydrogens (tertiary/aromatic N) is 2. The average Bonchev–Trinajstić information content (AvgIpc) is 2.29. The van der Waals surface area contributed by atoms with Crippen molar-refractivity contribution in [2.75, 3.05) is 0 Å². The summed E-state index contributed by atoms with van der Waals surface area (Å²) in [5.41, 5.74) is 2.47. The van der Waals surface area contributed by atoms with Crippen LogP contribution < -0.4 is 0 Å². The van der Waals surface area contributed by atoms with Gasteiger partial charge in [-0.25, -0.2) is 9.97 Å². The Morgan fingerprint density at radius 2 is 1.50 bits per heavy atom. The zero-order valence-corrected chi connectivity index (χ0v) is 8.94. The zero-order valence-electron chi connectivity index (χ0n) is 8.18. The number of halogens is 1. The molecule has 0 spiro atoms. The lowest BCUT2D eigenvalue weighted by molar-refractivity contribution is 0.480. The minimum atomic E-state index is 0.131. The van der Waals surface area contributed by atoms with E-state index in [1.54, 1.807) is 24.3 Å². The highest BCUT2D eigenvalue weighted by Gasteiger charge is 2.06. The lowest BCUT2D eigenvalue weighted by Crippen LogP contribution is -1.88. The second-order valence-electron chi connectivity index (χ2n) is 3.48. The number of rotatable bonds is 0. The molecule has 1 heterocycles. The van der Waals surface area contributed by atoms with Gasteiger partial charge in [0.05, 0.1) is 16.1 Å². The van der Waals surface area contributed by atoms with Crippen molar-refractivity contribution in [2.45, 2.75) is 0 Å². The molecule has 0 fully saturated rings. The zero-order chi connectivity index (χ0) is 11.1. The Labute approximate surface area is 96.3 Å². The van der Waals surface area contributed by atoms with Crippen LogP contribution in [0, 0.1) is 0 Å². The molecule has 0 aliphatic heterocycles. The summed E-state index contributed by atoms with van der Waals surface area (Å²) in [6.07, 6.45) is 0. The van der Waals surface area contributed by atoms with Crippen LogP contribution in [-0.2, 0) is 0 Å². The van der Waals surface area contributed by atoms with E-state index in [0.717, 1.165) is 0 Å². The van der Waals surface area contributed by atoms with Gasteiger partial charge in [-0.1, -0.05) is 23.7 Å². The average molecular weight is 231 g/mol. The molecule has 1 N–H and O–H groups in total. The van der Waals surface area contributed by atoms with Gasteiger partial charge < -0.3 is 5.11 Å². The molecule has 0 bridgehead atoms. The predicted octanol–water partition coefficient (Wildman–Crippen LogP) is 3.14. The first-order chi connectivity index (χ1) is 7.75. The first-order valence-corrected chi connectivity index (χ1v) is 5.17. The molecule has 0 radical (unpaired) electrons. The van der Waals surface area contributed by atoms with Crippen LogP contribution in [0.1, 0.15) is 0 Å². The molecule has 0 amide bonds. The van der Waals surface area contributed by atoms with Crippen molar-refractivity contribution in [3.63, 3.8) is 0 Å². The van der Waals surface area contributed by atoms with Gasteiger partial charge in [0, 0.05) is 0 Å². The second kappa shape index (κ2) is 3.32. The molecule has 0 unspecified atom stereocenters. The lowest BCUT2D eigenvalue weighted by atomic mass is 10.2. The van der Waals surface area contributed by atoms with Gasteiger partial charge in [0.2, 0.25) is 0 Å². The third-order valence-corrected chi connectivity index (χ3v) is 2.73. The van der Waals surface area contributed by atoms with Crippen molar-refractivity contribution < 1.29 is 5.11 Å². The van der Waals surface area contributed by atoms with Gasteiger partial charge in [-0.2, -0.15) is 0 Å². The van der Waals surface area contributed by atoms with Gasteiger partial charge in [0.15, 0.2) is 0 Å². The van der Waals surface area contributed by atoms with E-state index in [0.29, 0.717) is 27.1 Å². The number of aromatic nitrogens is 2. The van der Waals surface area contributed by atoms with Gasteiger partial charge in [-0.15, -0.1) is 0 Å². The molecule has 3 aromatic rings. The van der Waals surface area contributed by atoms with Crippen LogP contribution in [0.4, 0.5) is 0 Å². The van der Waals surface area contributed by atoms with E-state index in [-0.39, 0.29) is 5.75 Å². The quantitative estimate of drug-likeness (QED) is 0.604. The molecule has 1 aromatic heterocycles. The number of aromatic hydroxyl groups is 1. The smallest absolute Gasteiger partial charge is 0.143 e. The summed E-state index contributed by atoms with van der Waals surface area (Å²) in [6.45, 7) is 0. The summed E-state index contributed by atoms with van der Waals surface area (Å²) < 4.78 is 0. The maximum atomic E-state index is 9.66. The Kier molecular flexibility index (Phi) is 1.94. The topological polar surface area (TPSA) is 46.0 Å². The van der Waals surface area contributed by atoms with Crippen molar-refractivity contribution in [2.24, 2.45) is 0 Å². The van der Waals surface area contributed by atoms with Crippen molar-refractivity contribution in [1.29, 1.82) is 0 Å².